The number of aliphatic hydroxyl groups excluding tert-OH is 1. The molecule has 3 N–H and O–H groups in total. The molecule has 0 fully saturated rings. The molecule has 0 amide bonds. The van der Waals surface area contributed by atoms with Gasteiger partial charge in [0.1, 0.15) is 0 Å². The fraction of sp³-hybridized carbons (Fsp3) is 1.00. The first-order valence-electron chi connectivity index (χ1n) is 5.59. The maximum Gasteiger partial charge on any atom is 0.0698 e. The lowest BCUT2D eigenvalue weighted by Gasteiger charge is -2.06. The Bertz CT molecular complexity index is 103. The first-order valence-corrected chi connectivity index (χ1v) is 5.59. The van der Waals surface area contributed by atoms with Crippen LogP contribution in [0, 0.1) is 0 Å². The first kappa shape index (κ1) is 14.8. The minimum Gasteiger partial charge on any atom is -0.394 e. The summed E-state index contributed by atoms with van der Waals surface area (Å²) in [5, 5.41) is 14.8. The minimum absolute atomic E-state index is 0.0908. The Kier molecular flexibility index (Phi) is 13.6. The van der Waals surface area contributed by atoms with E-state index in [0.717, 1.165) is 39.4 Å². The fourth-order valence-corrected chi connectivity index (χ4v) is 1.00. The fourth-order valence-electron chi connectivity index (χ4n) is 1.00. The summed E-state index contributed by atoms with van der Waals surface area (Å²) < 4.78 is 10.4. The van der Waals surface area contributed by atoms with Crippen molar-refractivity contribution in [3.8, 4) is 0 Å². The van der Waals surface area contributed by atoms with Gasteiger partial charge in [-0.25, -0.2) is 0 Å². The van der Waals surface area contributed by atoms with Crippen LogP contribution in [-0.4, -0.2) is 64.3 Å². The second-order valence-electron chi connectivity index (χ2n) is 3.05. The second kappa shape index (κ2) is 13.8. The molecule has 0 aliphatic heterocycles. The summed E-state index contributed by atoms with van der Waals surface area (Å²) in [4.78, 5) is 0. The minimum atomic E-state index is 0.0908. The Hall–Kier alpha value is -0.200. The Morgan fingerprint density at radius 3 is 1.93 bits per heavy atom. The number of hydrogen-bond donors (Lipinski definition) is 3. The van der Waals surface area contributed by atoms with Crippen molar-refractivity contribution in [1.29, 1.82) is 0 Å². The van der Waals surface area contributed by atoms with Crippen LogP contribution < -0.4 is 10.6 Å². The van der Waals surface area contributed by atoms with Crippen LogP contribution in [-0.2, 0) is 9.47 Å². The highest BCUT2D eigenvalue weighted by Gasteiger charge is 1.89. The predicted molar refractivity (Wildman–Crippen MR) is 60.1 cm³/mol. The van der Waals surface area contributed by atoms with Crippen LogP contribution in [0.2, 0.25) is 0 Å². The third kappa shape index (κ3) is 13.8. The van der Waals surface area contributed by atoms with E-state index >= 15 is 0 Å². The molecule has 0 aromatic carbocycles. The molecule has 0 aromatic heterocycles. The summed E-state index contributed by atoms with van der Waals surface area (Å²) in [6.45, 7) is 8.26. The molecule has 0 aromatic rings. The summed E-state index contributed by atoms with van der Waals surface area (Å²) in [5.41, 5.74) is 0. The molecule has 0 saturated heterocycles. The molecule has 0 radical (unpaired) electrons. The Morgan fingerprint density at radius 2 is 1.40 bits per heavy atom. The third-order valence-electron chi connectivity index (χ3n) is 1.76. The lowest BCUT2D eigenvalue weighted by Crippen LogP contribution is -2.26. The van der Waals surface area contributed by atoms with Gasteiger partial charge < -0.3 is 25.2 Å². The Morgan fingerprint density at radius 1 is 0.867 bits per heavy atom. The molecular weight excluding hydrogens is 196 g/mol. The van der Waals surface area contributed by atoms with E-state index < -0.39 is 0 Å². The zero-order valence-electron chi connectivity index (χ0n) is 9.63. The van der Waals surface area contributed by atoms with Gasteiger partial charge in [-0.3, -0.25) is 0 Å². The van der Waals surface area contributed by atoms with Crippen LogP contribution >= 0.6 is 0 Å². The number of hydrogen-bond acceptors (Lipinski definition) is 5. The maximum absolute atomic E-state index is 8.44. The third-order valence-corrected chi connectivity index (χ3v) is 1.76. The number of rotatable bonds is 12. The molecular formula is C10H24N2O3. The Balaban J connectivity index is 2.81. The molecule has 0 bridgehead atoms. The largest absolute Gasteiger partial charge is 0.394 e. The van der Waals surface area contributed by atoms with Gasteiger partial charge in [0.25, 0.3) is 0 Å². The van der Waals surface area contributed by atoms with Gasteiger partial charge in [0.15, 0.2) is 0 Å². The van der Waals surface area contributed by atoms with Crippen LogP contribution in [0.5, 0.6) is 0 Å². The standard InChI is InChI=1S/C10H24N2O3/c1-2-11-3-7-14-8-4-12-5-9-15-10-6-13/h11-13H,2-10H2,1H3. The van der Waals surface area contributed by atoms with Crippen LogP contribution in [0.1, 0.15) is 6.92 Å². The van der Waals surface area contributed by atoms with E-state index in [0.29, 0.717) is 13.2 Å². The monoisotopic (exact) mass is 220 g/mol. The van der Waals surface area contributed by atoms with E-state index in [4.69, 9.17) is 14.6 Å². The molecule has 5 nitrogen and oxygen atoms in total. The highest BCUT2D eigenvalue weighted by Crippen LogP contribution is 1.74. The van der Waals surface area contributed by atoms with Crippen LogP contribution in [0.3, 0.4) is 0 Å². The van der Waals surface area contributed by atoms with Crippen LogP contribution in [0.15, 0.2) is 0 Å². The molecule has 92 valence electrons. The summed E-state index contributed by atoms with van der Waals surface area (Å²) >= 11 is 0. The van der Waals surface area contributed by atoms with Crippen molar-refractivity contribution in [2.45, 2.75) is 6.92 Å². The number of likely N-dealkylation sites (N-methyl/N-ethyl adjacent to an activating group) is 1. The van der Waals surface area contributed by atoms with Crippen molar-refractivity contribution >= 4 is 0 Å². The van der Waals surface area contributed by atoms with Crippen molar-refractivity contribution in [2.24, 2.45) is 0 Å². The molecule has 0 rings (SSSR count). The van der Waals surface area contributed by atoms with Gasteiger partial charge in [0.2, 0.25) is 0 Å². The lowest BCUT2D eigenvalue weighted by molar-refractivity contribution is 0.0910. The average Bonchev–Trinajstić information content (AvgIpc) is 2.26. The average molecular weight is 220 g/mol. The highest BCUT2D eigenvalue weighted by molar-refractivity contribution is 4.46. The molecule has 0 saturated carbocycles. The second-order valence-corrected chi connectivity index (χ2v) is 3.05. The molecule has 0 spiro atoms. The van der Waals surface area contributed by atoms with Gasteiger partial charge in [-0.1, -0.05) is 6.92 Å². The quantitative estimate of drug-likeness (QED) is 0.376. The van der Waals surface area contributed by atoms with E-state index in [9.17, 15) is 0 Å². The zero-order valence-corrected chi connectivity index (χ0v) is 9.63. The van der Waals surface area contributed by atoms with Crippen molar-refractivity contribution < 1.29 is 14.6 Å². The molecule has 0 atom stereocenters. The van der Waals surface area contributed by atoms with E-state index in [1.165, 1.54) is 0 Å². The molecule has 0 aliphatic carbocycles. The maximum atomic E-state index is 8.44. The van der Waals surface area contributed by atoms with E-state index in [2.05, 4.69) is 17.6 Å². The summed E-state index contributed by atoms with van der Waals surface area (Å²) in [6, 6.07) is 0. The van der Waals surface area contributed by atoms with Crippen LogP contribution in [0.25, 0.3) is 0 Å². The number of aliphatic hydroxyl groups is 1. The SMILES string of the molecule is CCNCCOCCNCCOCCO. The molecule has 0 aliphatic rings. The van der Waals surface area contributed by atoms with E-state index in [1.54, 1.807) is 0 Å². The molecule has 0 heterocycles. The van der Waals surface area contributed by atoms with Crippen molar-refractivity contribution in [1.82, 2.24) is 10.6 Å². The van der Waals surface area contributed by atoms with Gasteiger partial charge in [-0.15, -0.1) is 0 Å². The first-order chi connectivity index (χ1) is 7.41. The lowest BCUT2D eigenvalue weighted by atomic mass is 10.6. The predicted octanol–water partition coefficient (Wildman–Crippen LogP) is -0.789. The Labute approximate surface area is 92.1 Å². The topological polar surface area (TPSA) is 62.8 Å². The summed E-state index contributed by atoms with van der Waals surface area (Å²) in [6.07, 6.45) is 0. The van der Waals surface area contributed by atoms with Crippen molar-refractivity contribution in [3.63, 3.8) is 0 Å². The zero-order chi connectivity index (χ0) is 11.2. The summed E-state index contributed by atoms with van der Waals surface area (Å²) in [7, 11) is 0. The molecule has 0 unspecified atom stereocenters. The number of ether oxygens (including phenoxy) is 2. The van der Waals surface area contributed by atoms with Gasteiger partial charge in [-0.05, 0) is 6.54 Å². The van der Waals surface area contributed by atoms with E-state index in [1.807, 2.05) is 0 Å². The molecule has 15 heavy (non-hydrogen) atoms. The van der Waals surface area contributed by atoms with Crippen LogP contribution in [0.4, 0.5) is 0 Å². The van der Waals surface area contributed by atoms with Crippen molar-refractivity contribution in [2.75, 3.05) is 59.2 Å². The van der Waals surface area contributed by atoms with Gasteiger partial charge in [-0.2, -0.15) is 0 Å². The van der Waals surface area contributed by atoms with Crippen molar-refractivity contribution in [3.05, 3.63) is 0 Å². The summed E-state index contributed by atoms with van der Waals surface area (Å²) in [5.74, 6) is 0. The van der Waals surface area contributed by atoms with Gasteiger partial charge in [0.05, 0.1) is 33.0 Å². The number of nitrogens with one attached hydrogen (secondary N) is 2. The smallest absolute Gasteiger partial charge is 0.0698 e. The normalized spacial score (nSPS) is 10.8. The van der Waals surface area contributed by atoms with Gasteiger partial charge in [0, 0.05) is 19.6 Å². The highest BCUT2D eigenvalue weighted by atomic mass is 16.5. The van der Waals surface area contributed by atoms with Gasteiger partial charge >= 0.3 is 0 Å². The van der Waals surface area contributed by atoms with E-state index in [-0.39, 0.29) is 6.61 Å². The molecule has 5 heteroatoms.